The number of carbonyl (C=O) groups is 1. The van der Waals surface area contributed by atoms with E-state index in [2.05, 4.69) is 10.5 Å². The molecular weight excluding hydrogens is 442 g/mol. The molecule has 1 fully saturated rings. The van der Waals surface area contributed by atoms with Crippen LogP contribution in [0.2, 0.25) is 5.02 Å². The lowest BCUT2D eigenvalue weighted by Crippen LogP contribution is -2.42. The lowest BCUT2D eigenvalue weighted by atomic mass is 9.86. The minimum absolute atomic E-state index is 0.0808. The predicted molar refractivity (Wildman–Crippen MR) is 127 cm³/mol. The van der Waals surface area contributed by atoms with E-state index < -0.39 is 6.17 Å². The number of carbonyl (C=O) groups excluding carboxylic acids is 1. The number of hydrogen-bond acceptors (Lipinski definition) is 5. The topological polar surface area (TPSA) is 97.4 Å². The molecule has 1 amide bonds. The van der Waals surface area contributed by atoms with Crippen LogP contribution in [-0.2, 0) is 0 Å². The summed E-state index contributed by atoms with van der Waals surface area (Å²) in [5.74, 6) is 0.269. The van der Waals surface area contributed by atoms with E-state index >= 15 is 0 Å². The molecule has 0 radical (unpaired) electrons. The summed E-state index contributed by atoms with van der Waals surface area (Å²) in [7, 11) is 0. The van der Waals surface area contributed by atoms with Crippen molar-refractivity contribution in [3.63, 3.8) is 0 Å². The summed E-state index contributed by atoms with van der Waals surface area (Å²) in [6.45, 7) is 1.70. The van der Waals surface area contributed by atoms with Crippen molar-refractivity contribution in [3.05, 3.63) is 69.2 Å². The first-order valence-corrected chi connectivity index (χ1v) is 11.5. The van der Waals surface area contributed by atoms with Gasteiger partial charge in [0, 0.05) is 10.9 Å². The second-order valence-electron chi connectivity index (χ2n) is 8.63. The van der Waals surface area contributed by atoms with Crippen molar-refractivity contribution in [1.29, 1.82) is 0 Å². The molecule has 2 heterocycles. The van der Waals surface area contributed by atoms with Crippen LogP contribution in [0.5, 0.6) is 5.75 Å². The number of phenolic OH excluding ortho intramolecular Hbond substituents is 1. The molecular formula is C25H24ClN3O4. The third-order valence-electron chi connectivity index (χ3n) is 6.57. The monoisotopic (exact) mass is 465 g/mol. The lowest BCUT2D eigenvalue weighted by molar-refractivity contribution is 0.0877. The van der Waals surface area contributed by atoms with Crippen molar-refractivity contribution < 1.29 is 14.4 Å². The Bertz CT molecular complexity index is 1400. The summed E-state index contributed by atoms with van der Waals surface area (Å²) in [6.07, 6.45) is 4.45. The standard InChI is InChI=1S/C25H24ClN3O4/c1-14-20-22(28-33-14)21-18(26)8-5-9-19(21)29(25(20)32)23(15-6-3-2-4-7-15)27-24(31)16-10-12-17(30)13-11-16/h5,8-13,15,23,30H,2-4,6-7H2,1H3,(H,27,31). The summed E-state index contributed by atoms with van der Waals surface area (Å²) < 4.78 is 7.02. The van der Waals surface area contributed by atoms with Gasteiger partial charge in [-0.1, -0.05) is 42.1 Å². The van der Waals surface area contributed by atoms with E-state index in [1.165, 1.54) is 12.1 Å². The van der Waals surface area contributed by atoms with Gasteiger partial charge in [-0.2, -0.15) is 0 Å². The Morgan fingerprint density at radius 1 is 1.15 bits per heavy atom. The van der Waals surface area contributed by atoms with Gasteiger partial charge in [0.05, 0.1) is 10.5 Å². The predicted octanol–water partition coefficient (Wildman–Crippen LogP) is 5.32. The van der Waals surface area contributed by atoms with E-state index in [4.69, 9.17) is 16.1 Å². The van der Waals surface area contributed by atoms with Gasteiger partial charge in [-0.15, -0.1) is 0 Å². The number of nitrogens with one attached hydrogen (secondary N) is 1. The fourth-order valence-corrected chi connectivity index (χ4v) is 5.18. The fourth-order valence-electron chi connectivity index (χ4n) is 4.92. The summed E-state index contributed by atoms with van der Waals surface area (Å²) >= 11 is 6.57. The van der Waals surface area contributed by atoms with Gasteiger partial charge in [0.2, 0.25) is 0 Å². The van der Waals surface area contributed by atoms with E-state index in [1.54, 1.807) is 35.8 Å². The van der Waals surface area contributed by atoms with Gasteiger partial charge in [-0.05, 0) is 62.1 Å². The minimum Gasteiger partial charge on any atom is -0.508 e. The Balaban J connectivity index is 1.72. The molecule has 7 nitrogen and oxygen atoms in total. The smallest absolute Gasteiger partial charge is 0.265 e. The summed E-state index contributed by atoms with van der Waals surface area (Å²) in [5.41, 5.74) is 1.18. The fraction of sp³-hybridized carbons (Fsp3) is 0.320. The number of aryl methyl sites for hydroxylation is 1. The molecule has 1 aliphatic rings. The molecule has 2 aromatic carbocycles. The molecule has 0 saturated heterocycles. The average Bonchev–Trinajstić information content (AvgIpc) is 3.21. The first-order chi connectivity index (χ1) is 16.0. The average molecular weight is 466 g/mol. The van der Waals surface area contributed by atoms with E-state index in [0.29, 0.717) is 38.2 Å². The van der Waals surface area contributed by atoms with Gasteiger partial charge >= 0.3 is 0 Å². The largest absolute Gasteiger partial charge is 0.508 e. The number of benzene rings is 2. The number of rotatable bonds is 4. The highest BCUT2D eigenvalue weighted by Gasteiger charge is 2.31. The third kappa shape index (κ3) is 3.76. The molecule has 33 heavy (non-hydrogen) atoms. The van der Waals surface area contributed by atoms with Crippen LogP contribution >= 0.6 is 11.6 Å². The highest BCUT2D eigenvalue weighted by Crippen LogP contribution is 2.36. The maximum atomic E-state index is 13.8. The number of halogens is 1. The van der Waals surface area contributed by atoms with Crippen molar-refractivity contribution in [2.75, 3.05) is 0 Å². The van der Waals surface area contributed by atoms with E-state index in [9.17, 15) is 14.7 Å². The normalized spacial score (nSPS) is 15.7. The molecule has 2 aromatic heterocycles. The van der Waals surface area contributed by atoms with Crippen molar-refractivity contribution in [2.24, 2.45) is 5.92 Å². The van der Waals surface area contributed by atoms with Crippen molar-refractivity contribution in [2.45, 2.75) is 45.2 Å². The first kappa shape index (κ1) is 21.5. The van der Waals surface area contributed by atoms with Crippen LogP contribution in [0.25, 0.3) is 21.8 Å². The van der Waals surface area contributed by atoms with Crippen LogP contribution in [0, 0.1) is 12.8 Å². The maximum Gasteiger partial charge on any atom is 0.265 e. The minimum atomic E-state index is -0.571. The van der Waals surface area contributed by atoms with Gasteiger partial charge in [0.15, 0.2) is 0 Å². The molecule has 2 N–H and O–H groups in total. The van der Waals surface area contributed by atoms with Crippen LogP contribution in [0.3, 0.4) is 0 Å². The maximum absolute atomic E-state index is 13.8. The first-order valence-electron chi connectivity index (χ1n) is 11.1. The quantitative estimate of drug-likeness (QED) is 0.425. The molecule has 1 unspecified atom stereocenters. The second kappa shape index (κ2) is 8.56. The zero-order chi connectivity index (χ0) is 23.1. The zero-order valence-electron chi connectivity index (χ0n) is 18.2. The van der Waals surface area contributed by atoms with Gasteiger partial charge in [-0.25, -0.2) is 0 Å². The van der Waals surface area contributed by atoms with Crippen LogP contribution < -0.4 is 10.9 Å². The molecule has 4 aromatic rings. The number of aromatic hydroxyl groups is 1. The highest BCUT2D eigenvalue weighted by atomic mass is 35.5. The Kier molecular flexibility index (Phi) is 5.58. The molecule has 1 saturated carbocycles. The molecule has 0 aliphatic heterocycles. The van der Waals surface area contributed by atoms with Gasteiger partial charge in [0.25, 0.3) is 11.5 Å². The molecule has 8 heteroatoms. The van der Waals surface area contributed by atoms with Crippen molar-refractivity contribution >= 4 is 39.3 Å². The van der Waals surface area contributed by atoms with E-state index in [0.717, 1.165) is 32.1 Å². The Morgan fingerprint density at radius 2 is 1.88 bits per heavy atom. The number of aromatic nitrogens is 2. The molecule has 0 spiro atoms. The summed E-state index contributed by atoms with van der Waals surface area (Å²) in [5, 5.41) is 18.3. The Labute approximate surface area is 194 Å². The van der Waals surface area contributed by atoms with Crippen molar-refractivity contribution in [1.82, 2.24) is 15.0 Å². The van der Waals surface area contributed by atoms with Crippen LogP contribution in [0.4, 0.5) is 0 Å². The molecule has 5 rings (SSSR count). The molecule has 1 aliphatic carbocycles. The molecule has 170 valence electrons. The highest BCUT2D eigenvalue weighted by molar-refractivity contribution is 6.37. The lowest BCUT2D eigenvalue weighted by Gasteiger charge is -2.33. The van der Waals surface area contributed by atoms with Gasteiger partial charge in [0.1, 0.15) is 28.6 Å². The number of phenols is 1. The number of amides is 1. The van der Waals surface area contributed by atoms with Gasteiger partial charge < -0.3 is 14.9 Å². The molecule has 0 bridgehead atoms. The number of pyridine rings is 1. The van der Waals surface area contributed by atoms with Gasteiger partial charge in [-0.3, -0.25) is 14.2 Å². The molecule has 1 atom stereocenters. The number of fused-ring (bicyclic) bond motifs is 3. The zero-order valence-corrected chi connectivity index (χ0v) is 18.9. The number of hydrogen-bond donors (Lipinski definition) is 2. The van der Waals surface area contributed by atoms with Crippen LogP contribution in [0.15, 0.2) is 51.8 Å². The Hall–Kier alpha value is -3.32. The summed E-state index contributed by atoms with van der Waals surface area (Å²) in [4.78, 5) is 27.0. The third-order valence-corrected chi connectivity index (χ3v) is 6.88. The number of nitrogens with zero attached hydrogens (tertiary/aromatic N) is 2. The van der Waals surface area contributed by atoms with E-state index in [-0.39, 0.29) is 23.1 Å². The van der Waals surface area contributed by atoms with Crippen LogP contribution in [-0.4, -0.2) is 20.7 Å². The van der Waals surface area contributed by atoms with E-state index in [1.807, 2.05) is 6.07 Å². The summed E-state index contributed by atoms with van der Waals surface area (Å²) in [6, 6.07) is 11.4. The van der Waals surface area contributed by atoms with Crippen molar-refractivity contribution in [3.8, 4) is 5.75 Å². The Morgan fingerprint density at radius 3 is 2.61 bits per heavy atom. The second-order valence-corrected chi connectivity index (χ2v) is 9.04. The van der Waals surface area contributed by atoms with Crippen LogP contribution in [0.1, 0.15) is 54.4 Å². The SMILES string of the molecule is Cc1onc2c1c(=O)n(C(NC(=O)c1ccc(O)cc1)C1CCCCC1)c1cccc(Cl)c21.